The Labute approximate surface area is 159 Å². The fraction of sp³-hybridized carbons (Fsp3) is 0.421. The van der Waals surface area contributed by atoms with E-state index in [-0.39, 0.29) is 12.1 Å². The first kappa shape index (κ1) is 20.4. The smallest absolute Gasteiger partial charge is 0.327 e. The summed E-state index contributed by atoms with van der Waals surface area (Å²) in [6.07, 6.45) is 2.46. The summed E-state index contributed by atoms with van der Waals surface area (Å²) in [5.41, 5.74) is 0.680. The molecule has 0 bridgehead atoms. The van der Waals surface area contributed by atoms with E-state index < -0.39 is 0 Å². The highest BCUT2D eigenvalue weighted by Crippen LogP contribution is 2.26. The van der Waals surface area contributed by atoms with Gasteiger partial charge in [-0.05, 0) is 37.6 Å². The highest BCUT2D eigenvalue weighted by molar-refractivity contribution is 5.98. The number of amides is 2. The molecule has 0 aliphatic carbocycles. The molecule has 0 spiro atoms. The molecular formula is C19H27N5O3. The Morgan fingerprint density at radius 1 is 1.22 bits per heavy atom. The first-order chi connectivity index (χ1) is 13.1. The molecule has 1 atom stereocenters. The zero-order valence-electron chi connectivity index (χ0n) is 16.2. The lowest BCUT2D eigenvalue weighted by molar-refractivity contribution is 0.190. The van der Waals surface area contributed by atoms with Crippen LogP contribution in [-0.4, -0.2) is 49.4 Å². The number of benzene rings is 1. The third-order valence-electron chi connectivity index (χ3n) is 3.72. The number of hydrogen-bond donors (Lipinski definition) is 2. The van der Waals surface area contributed by atoms with Crippen molar-refractivity contribution >= 4 is 23.5 Å². The largest absolute Gasteiger partial charge is 0.497 e. The van der Waals surface area contributed by atoms with Crippen LogP contribution in [0.2, 0.25) is 0 Å². The van der Waals surface area contributed by atoms with Gasteiger partial charge in [0.1, 0.15) is 11.6 Å². The van der Waals surface area contributed by atoms with Crippen LogP contribution in [0.3, 0.4) is 0 Å². The molecule has 8 nitrogen and oxygen atoms in total. The molecule has 8 heteroatoms. The molecule has 1 aromatic carbocycles. The maximum absolute atomic E-state index is 12.8. The molecule has 2 aromatic rings. The SMILES string of the molecule is CCCNC(=O)N(c1ccc(OC)cc1)c1ccnc(N[C@@H](C)COC)n1. The number of carbonyl (C=O) groups excluding carboxylic acids is 1. The first-order valence-corrected chi connectivity index (χ1v) is 8.89. The van der Waals surface area contributed by atoms with Crippen molar-refractivity contribution in [1.29, 1.82) is 0 Å². The number of aromatic nitrogens is 2. The van der Waals surface area contributed by atoms with E-state index in [0.717, 1.165) is 6.42 Å². The van der Waals surface area contributed by atoms with Crippen LogP contribution in [-0.2, 0) is 4.74 Å². The van der Waals surface area contributed by atoms with Crippen LogP contribution in [0.25, 0.3) is 0 Å². The van der Waals surface area contributed by atoms with Gasteiger partial charge in [-0.1, -0.05) is 6.92 Å². The molecule has 0 aliphatic rings. The molecule has 0 saturated heterocycles. The number of nitrogens with zero attached hydrogens (tertiary/aromatic N) is 3. The minimum atomic E-state index is -0.253. The molecule has 0 radical (unpaired) electrons. The minimum Gasteiger partial charge on any atom is -0.497 e. The lowest BCUT2D eigenvalue weighted by Gasteiger charge is -2.23. The number of rotatable bonds is 9. The Balaban J connectivity index is 2.33. The summed E-state index contributed by atoms with van der Waals surface area (Å²) in [7, 11) is 3.24. The first-order valence-electron chi connectivity index (χ1n) is 8.89. The van der Waals surface area contributed by atoms with Gasteiger partial charge in [0.2, 0.25) is 5.95 Å². The van der Waals surface area contributed by atoms with Crippen LogP contribution in [0, 0.1) is 0 Å². The fourth-order valence-electron chi connectivity index (χ4n) is 2.45. The minimum absolute atomic E-state index is 0.0357. The summed E-state index contributed by atoms with van der Waals surface area (Å²) >= 11 is 0. The zero-order valence-corrected chi connectivity index (χ0v) is 16.2. The van der Waals surface area contributed by atoms with Crippen molar-refractivity contribution < 1.29 is 14.3 Å². The molecule has 2 amide bonds. The Bertz CT molecular complexity index is 724. The molecule has 0 unspecified atom stereocenters. The number of methoxy groups -OCH3 is 2. The van der Waals surface area contributed by atoms with Crippen LogP contribution in [0.5, 0.6) is 5.75 Å². The van der Waals surface area contributed by atoms with E-state index in [9.17, 15) is 4.79 Å². The van der Waals surface area contributed by atoms with Gasteiger partial charge in [-0.3, -0.25) is 0 Å². The Morgan fingerprint density at radius 3 is 2.59 bits per heavy atom. The molecule has 0 aliphatic heterocycles. The third kappa shape index (κ3) is 5.82. The van der Waals surface area contributed by atoms with Crippen molar-refractivity contribution in [3.8, 4) is 5.75 Å². The van der Waals surface area contributed by atoms with Crippen molar-refractivity contribution in [3.63, 3.8) is 0 Å². The molecule has 27 heavy (non-hydrogen) atoms. The number of anilines is 3. The van der Waals surface area contributed by atoms with E-state index in [0.29, 0.717) is 36.4 Å². The molecule has 1 aromatic heterocycles. The quantitative estimate of drug-likeness (QED) is 0.702. The number of urea groups is 1. The number of carbonyl (C=O) groups is 1. The fourth-order valence-corrected chi connectivity index (χ4v) is 2.45. The monoisotopic (exact) mass is 373 g/mol. The van der Waals surface area contributed by atoms with E-state index in [1.807, 2.05) is 26.0 Å². The highest BCUT2D eigenvalue weighted by atomic mass is 16.5. The third-order valence-corrected chi connectivity index (χ3v) is 3.72. The van der Waals surface area contributed by atoms with Crippen LogP contribution < -0.4 is 20.3 Å². The molecule has 2 rings (SSSR count). The van der Waals surface area contributed by atoms with Gasteiger partial charge < -0.3 is 20.1 Å². The van der Waals surface area contributed by atoms with E-state index in [1.54, 1.807) is 38.6 Å². The van der Waals surface area contributed by atoms with Gasteiger partial charge in [-0.2, -0.15) is 4.98 Å². The summed E-state index contributed by atoms with van der Waals surface area (Å²) in [5, 5.41) is 6.06. The molecule has 0 fully saturated rings. The summed E-state index contributed by atoms with van der Waals surface area (Å²) in [6.45, 7) is 5.07. The maximum atomic E-state index is 12.8. The van der Waals surface area contributed by atoms with Gasteiger partial charge in [0.25, 0.3) is 0 Å². The van der Waals surface area contributed by atoms with Gasteiger partial charge in [0.15, 0.2) is 0 Å². The molecular weight excluding hydrogens is 346 g/mol. The Kier molecular flexibility index (Phi) is 7.81. The van der Waals surface area contributed by atoms with Crippen LogP contribution in [0.1, 0.15) is 20.3 Å². The van der Waals surface area contributed by atoms with Crippen molar-refractivity contribution in [2.75, 3.05) is 37.6 Å². The van der Waals surface area contributed by atoms with Gasteiger partial charge in [0, 0.05) is 32.0 Å². The topological polar surface area (TPSA) is 88.6 Å². The second-order valence-electron chi connectivity index (χ2n) is 6.00. The summed E-state index contributed by atoms with van der Waals surface area (Å²) in [5.74, 6) is 1.61. The van der Waals surface area contributed by atoms with Gasteiger partial charge >= 0.3 is 6.03 Å². The molecule has 0 saturated carbocycles. The van der Waals surface area contributed by atoms with Crippen LogP contribution >= 0.6 is 0 Å². The van der Waals surface area contributed by atoms with Crippen molar-refractivity contribution in [1.82, 2.24) is 15.3 Å². The van der Waals surface area contributed by atoms with Crippen molar-refractivity contribution in [2.24, 2.45) is 0 Å². The number of ether oxygens (including phenoxy) is 2. The molecule has 1 heterocycles. The Hall–Kier alpha value is -2.87. The van der Waals surface area contributed by atoms with Crippen molar-refractivity contribution in [3.05, 3.63) is 36.5 Å². The van der Waals surface area contributed by atoms with Gasteiger partial charge in [0.05, 0.1) is 19.4 Å². The maximum Gasteiger partial charge on any atom is 0.327 e. The van der Waals surface area contributed by atoms with E-state index in [1.165, 1.54) is 4.90 Å². The molecule has 146 valence electrons. The van der Waals surface area contributed by atoms with Crippen molar-refractivity contribution in [2.45, 2.75) is 26.3 Å². The highest BCUT2D eigenvalue weighted by Gasteiger charge is 2.20. The van der Waals surface area contributed by atoms with E-state index in [4.69, 9.17) is 9.47 Å². The summed E-state index contributed by atoms with van der Waals surface area (Å²) in [4.78, 5) is 23.0. The Morgan fingerprint density at radius 2 is 1.96 bits per heavy atom. The standard InChI is InChI=1S/C19H27N5O3/c1-5-11-21-19(25)24(15-6-8-16(27-4)9-7-15)17-10-12-20-18(23-17)22-14(2)13-26-3/h6-10,12,14H,5,11,13H2,1-4H3,(H,21,25)(H,20,22,23)/t14-/m0/s1. The second-order valence-corrected chi connectivity index (χ2v) is 6.00. The lowest BCUT2D eigenvalue weighted by Crippen LogP contribution is -2.37. The van der Waals surface area contributed by atoms with Crippen LogP contribution in [0.15, 0.2) is 36.5 Å². The predicted molar refractivity (Wildman–Crippen MR) is 106 cm³/mol. The summed E-state index contributed by atoms with van der Waals surface area (Å²) in [6, 6.07) is 8.71. The lowest BCUT2D eigenvalue weighted by atomic mass is 10.2. The van der Waals surface area contributed by atoms with E-state index in [2.05, 4.69) is 20.6 Å². The second kappa shape index (κ2) is 10.3. The normalized spacial score (nSPS) is 11.6. The number of hydrogen-bond acceptors (Lipinski definition) is 6. The average Bonchev–Trinajstić information content (AvgIpc) is 2.67. The zero-order chi connectivity index (χ0) is 19.6. The average molecular weight is 373 g/mol. The molecule has 2 N–H and O–H groups in total. The van der Waals surface area contributed by atoms with Gasteiger partial charge in [-0.15, -0.1) is 0 Å². The van der Waals surface area contributed by atoms with E-state index >= 15 is 0 Å². The summed E-state index contributed by atoms with van der Waals surface area (Å²) < 4.78 is 10.3. The van der Waals surface area contributed by atoms with Crippen LogP contribution in [0.4, 0.5) is 22.2 Å². The van der Waals surface area contributed by atoms with Gasteiger partial charge in [-0.25, -0.2) is 14.7 Å². The number of nitrogens with one attached hydrogen (secondary N) is 2. The predicted octanol–water partition coefficient (Wildman–Crippen LogP) is 3.19.